The number of nitrogens with one attached hydrogen (secondary N) is 1. The molecule has 0 fully saturated rings. The van der Waals surface area contributed by atoms with Gasteiger partial charge in [0.2, 0.25) is 5.91 Å². The Hall–Kier alpha value is -1.21. The number of pyridine rings is 1. The number of halogens is 2. The summed E-state index contributed by atoms with van der Waals surface area (Å²) in [7, 11) is 0. The normalized spacial score (nSPS) is 10.3. The van der Waals surface area contributed by atoms with E-state index in [0.717, 1.165) is 16.4 Å². The first-order valence-electron chi connectivity index (χ1n) is 6.37. The SMILES string of the molecule is CC(C)(CN)NC(=O)Cc1csc(-c2ccccn2)n1.Cl.Cl. The van der Waals surface area contributed by atoms with Gasteiger partial charge in [-0.25, -0.2) is 4.98 Å². The molecule has 0 unspecified atom stereocenters. The van der Waals surface area contributed by atoms with Crippen LogP contribution in [0.25, 0.3) is 10.7 Å². The Labute approximate surface area is 146 Å². The number of carbonyl (C=O) groups excluding carboxylic acids is 1. The van der Waals surface area contributed by atoms with Gasteiger partial charge in [0.1, 0.15) is 5.01 Å². The molecule has 1 amide bonds. The second kappa shape index (κ2) is 9.05. The standard InChI is InChI=1S/C14H18N4OS.2ClH/c1-14(2,9-15)18-12(19)7-10-8-20-13(17-10)11-5-3-4-6-16-11;;/h3-6,8H,7,9,15H2,1-2H3,(H,18,19);2*1H. The highest BCUT2D eigenvalue weighted by Gasteiger charge is 2.19. The van der Waals surface area contributed by atoms with Crippen LogP contribution in [0.1, 0.15) is 19.5 Å². The van der Waals surface area contributed by atoms with Crippen LogP contribution in [0.3, 0.4) is 0 Å². The maximum Gasteiger partial charge on any atom is 0.226 e. The Kier molecular flexibility index (Phi) is 8.55. The Morgan fingerprint density at radius 1 is 1.36 bits per heavy atom. The van der Waals surface area contributed by atoms with E-state index < -0.39 is 5.54 Å². The van der Waals surface area contributed by atoms with E-state index in [0.29, 0.717) is 6.54 Å². The van der Waals surface area contributed by atoms with Gasteiger partial charge in [-0.3, -0.25) is 9.78 Å². The van der Waals surface area contributed by atoms with Crippen LogP contribution in [-0.4, -0.2) is 28.0 Å². The average Bonchev–Trinajstić information content (AvgIpc) is 2.87. The van der Waals surface area contributed by atoms with E-state index in [1.54, 1.807) is 6.20 Å². The van der Waals surface area contributed by atoms with Gasteiger partial charge in [-0.15, -0.1) is 36.2 Å². The number of rotatable bonds is 5. The van der Waals surface area contributed by atoms with Crippen molar-refractivity contribution in [3.63, 3.8) is 0 Å². The summed E-state index contributed by atoms with van der Waals surface area (Å²) in [5.74, 6) is -0.0710. The van der Waals surface area contributed by atoms with Crippen molar-refractivity contribution in [2.75, 3.05) is 6.54 Å². The van der Waals surface area contributed by atoms with Crippen molar-refractivity contribution in [1.82, 2.24) is 15.3 Å². The summed E-state index contributed by atoms with van der Waals surface area (Å²) in [4.78, 5) is 20.6. The molecule has 0 aliphatic heterocycles. The van der Waals surface area contributed by atoms with Crippen LogP contribution >= 0.6 is 36.2 Å². The summed E-state index contributed by atoms with van der Waals surface area (Å²) in [5, 5.41) is 5.60. The molecule has 122 valence electrons. The molecule has 0 aliphatic carbocycles. The van der Waals surface area contributed by atoms with Gasteiger partial charge in [0.25, 0.3) is 0 Å². The number of aromatic nitrogens is 2. The molecule has 0 aromatic carbocycles. The van der Waals surface area contributed by atoms with Gasteiger partial charge in [0, 0.05) is 23.7 Å². The molecule has 0 aliphatic rings. The van der Waals surface area contributed by atoms with Crippen LogP contribution < -0.4 is 11.1 Å². The lowest BCUT2D eigenvalue weighted by molar-refractivity contribution is -0.121. The highest BCUT2D eigenvalue weighted by atomic mass is 35.5. The molecule has 8 heteroatoms. The van der Waals surface area contributed by atoms with Gasteiger partial charge in [0.05, 0.1) is 17.8 Å². The second-order valence-corrected chi connectivity index (χ2v) is 6.03. The molecule has 22 heavy (non-hydrogen) atoms. The van der Waals surface area contributed by atoms with E-state index in [1.165, 1.54) is 11.3 Å². The average molecular weight is 363 g/mol. The maximum atomic E-state index is 11.9. The fraction of sp³-hybridized carbons (Fsp3) is 0.357. The Morgan fingerprint density at radius 3 is 2.68 bits per heavy atom. The summed E-state index contributed by atoms with van der Waals surface area (Å²) >= 11 is 1.49. The predicted molar refractivity (Wildman–Crippen MR) is 94.8 cm³/mol. The lowest BCUT2D eigenvalue weighted by Crippen LogP contribution is -2.49. The van der Waals surface area contributed by atoms with Gasteiger partial charge in [-0.1, -0.05) is 6.07 Å². The smallest absolute Gasteiger partial charge is 0.226 e. The number of amides is 1. The van der Waals surface area contributed by atoms with Crippen molar-refractivity contribution < 1.29 is 4.79 Å². The van der Waals surface area contributed by atoms with E-state index in [4.69, 9.17) is 5.73 Å². The minimum atomic E-state index is -0.392. The van der Waals surface area contributed by atoms with Crippen molar-refractivity contribution in [2.24, 2.45) is 5.73 Å². The monoisotopic (exact) mass is 362 g/mol. The summed E-state index contributed by atoms with van der Waals surface area (Å²) in [6.45, 7) is 4.19. The summed E-state index contributed by atoms with van der Waals surface area (Å²) in [6, 6.07) is 5.68. The van der Waals surface area contributed by atoms with Crippen molar-refractivity contribution in [3.8, 4) is 10.7 Å². The van der Waals surface area contributed by atoms with E-state index in [-0.39, 0.29) is 37.1 Å². The third-order valence-corrected chi connectivity index (χ3v) is 3.68. The zero-order valence-corrected chi connectivity index (χ0v) is 14.9. The number of thiazole rings is 1. The number of hydrogen-bond acceptors (Lipinski definition) is 5. The van der Waals surface area contributed by atoms with Crippen LogP contribution in [0.15, 0.2) is 29.8 Å². The van der Waals surface area contributed by atoms with Crippen LogP contribution in [0.4, 0.5) is 0 Å². The molecule has 2 heterocycles. The fourth-order valence-electron chi connectivity index (χ4n) is 1.63. The third kappa shape index (κ3) is 5.88. The highest BCUT2D eigenvalue weighted by Crippen LogP contribution is 2.21. The van der Waals surface area contributed by atoms with Crippen LogP contribution in [0.2, 0.25) is 0 Å². The van der Waals surface area contributed by atoms with Gasteiger partial charge in [-0.05, 0) is 26.0 Å². The Morgan fingerprint density at radius 2 is 2.09 bits per heavy atom. The lowest BCUT2D eigenvalue weighted by Gasteiger charge is -2.23. The molecule has 0 spiro atoms. The van der Waals surface area contributed by atoms with Crippen LogP contribution in [0, 0.1) is 0 Å². The largest absolute Gasteiger partial charge is 0.350 e. The minimum Gasteiger partial charge on any atom is -0.350 e. The van der Waals surface area contributed by atoms with Crippen molar-refractivity contribution >= 4 is 42.1 Å². The molecule has 2 rings (SSSR count). The molecular weight excluding hydrogens is 343 g/mol. The zero-order chi connectivity index (χ0) is 14.6. The first-order valence-corrected chi connectivity index (χ1v) is 7.25. The molecular formula is C14H20Cl2N4OS. The molecule has 2 aromatic heterocycles. The van der Waals surface area contributed by atoms with Crippen LogP contribution in [-0.2, 0) is 11.2 Å². The van der Waals surface area contributed by atoms with E-state index in [1.807, 2.05) is 37.4 Å². The fourth-order valence-corrected chi connectivity index (χ4v) is 2.43. The van der Waals surface area contributed by atoms with E-state index in [9.17, 15) is 4.79 Å². The number of nitrogens with zero attached hydrogens (tertiary/aromatic N) is 2. The maximum absolute atomic E-state index is 11.9. The quantitative estimate of drug-likeness (QED) is 0.855. The van der Waals surface area contributed by atoms with Crippen molar-refractivity contribution in [3.05, 3.63) is 35.5 Å². The number of carbonyl (C=O) groups is 1. The number of nitrogens with two attached hydrogens (primary N) is 1. The first kappa shape index (κ1) is 20.8. The first-order chi connectivity index (χ1) is 9.50. The summed E-state index contributed by atoms with van der Waals surface area (Å²) < 4.78 is 0. The van der Waals surface area contributed by atoms with E-state index in [2.05, 4.69) is 15.3 Å². The summed E-state index contributed by atoms with van der Waals surface area (Å²) in [5.41, 5.74) is 6.78. The van der Waals surface area contributed by atoms with Crippen molar-refractivity contribution in [2.45, 2.75) is 25.8 Å². The van der Waals surface area contributed by atoms with Gasteiger partial charge in [0.15, 0.2) is 0 Å². The van der Waals surface area contributed by atoms with Gasteiger partial charge >= 0.3 is 0 Å². The third-order valence-electron chi connectivity index (χ3n) is 2.77. The van der Waals surface area contributed by atoms with Gasteiger partial charge in [-0.2, -0.15) is 0 Å². The van der Waals surface area contributed by atoms with Crippen molar-refractivity contribution in [1.29, 1.82) is 0 Å². The molecule has 0 radical (unpaired) electrons. The Balaban J connectivity index is 0.00000220. The van der Waals surface area contributed by atoms with Crippen LogP contribution in [0.5, 0.6) is 0 Å². The zero-order valence-electron chi connectivity index (χ0n) is 12.4. The molecule has 0 saturated carbocycles. The lowest BCUT2D eigenvalue weighted by atomic mass is 10.1. The molecule has 2 aromatic rings. The molecule has 0 atom stereocenters. The topological polar surface area (TPSA) is 80.9 Å². The van der Waals surface area contributed by atoms with Gasteiger partial charge < -0.3 is 11.1 Å². The molecule has 5 nitrogen and oxygen atoms in total. The number of hydrogen-bond donors (Lipinski definition) is 2. The molecule has 0 bridgehead atoms. The second-order valence-electron chi connectivity index (χ2n) is 5.17. The summed E-state index contributed by atoms with van der Waals surface area (Å²) in [6.07, 6.45) is 1.99. The minimum absolute atomic E-state index is 0. The predicted octanol–water partition coefficient (Wildman–Crippen LogP) is 2.44. The Bertz CT molecular complexity index is 590. The highest BCUT2D eigenvalue weighted by molar-refractivity contribution is 7.13. The van der Waals surface area contributed by atoms with E-state index >= 15 is 0 Å². The molecule has 0 saturated heterocycles. The molecule has 3 N–H and O–H groups in total.